The molecule has 3 aromatic rings. The van der Waals surface area contributed by atoms with E-state index in [2.05, 4.69) is 4.98 Å². The first-order chi connectivity index (χ1) is 13.5. The van der Waals surface area contributed by atoms with Gasteiger partial charge in [-0.25, -0.2) is 0 Å². The first kappa shape index (κ1) is 18.3. The number of aromatic amines is 1. The highest BCUT2D eigenvalue weighted by Gasteiger charge is 2.23. The van der Waals surface area contributed by atoms with Crippen LogP contribution in [0.2, 0.25) is 0 Å². The Bertz CT molecular complexity index is 1090. The maximum atomic E-state index is 13.3. The summed E-state index contributed by atoms with van der Waals surface area (Å²) in [5, 5.41) is 0. The second-order valence-electron chi connectivity index (χ2n) is 6.62. The van der Waals surface area contributed by atoms with Gasteiger partial charge in [-0.1, -0.05) is 0 Å². The van der Waals surface area contributed by atoms with E-state index in [-0.39, 0.29) is 11.5 Å². The number of hydrogen-bond donors (Lipinski definition) is 1. The van der Waals surface area contributed by atoms with Crippen molar-refractivity contribution in [2.45, 2.75) is 20.4 Å². The van der Waals surface area contributed by atoms with Gasteiger partial charge in [0.15, 0.2) is 11.5 Å². The third-order valence-electron chi connectivity index (χ3n) is 4.48. The number of carbonyl (C=O) groups is 1. The summed E-state index contributed by atoms with van der Waals surface area (Å²) in [4.78, 5) is 32.2. The van der Waals surface area contributed by atoms with Gasteiger partial charge in [-0.15, -0.1) is 11.3 Å². The fraction of sp³-hybridized carbons (Fsp3) is 0.238. The van der Waals surface area contributed by atoms with Gasteiger partial charge < -0.3 is 19.4 Å². The number of pyridine rings is 1. The van der Waals surface area contributed by atoms with E-state index in [0.29, 0.717) is 42.6 Å². The monoisotopic (exact) mass is 396 g/mol. The zero-order valence-corrected chi connectivity index (χ0v) is 16.5. The van der Waals surface area contributed by atoms with Gasteiger partial charge in [0.05, 0.1) is 6.54 Å². The molecule has 0 unspecified atom stereocenters. The Morgan fingerprint density at radius 2 is 1.86 bits per heavy atom. The SMILES string of the molecule is Cc1ccc(C(=O)N(Cc2ccc(C)s2)c2ccc3c(c2)OCCO3)c(=O)[nH]1. The lowest BCUT2D eigenvalue weighted by molar-refractivity contribution is 0.0983. The van der Waals surface area contributed by atoms with Crippen LogP contribution >= 0.6 is 11.3 Å². The highest BCUT2D eigenvalue weighted by molar-refractivity contribution is 7.11. The molecule has 0 atom stereocenters. The number of hydrogen-bond acceptors (Lipinski definition) is 5. The Kier molecular flexibility index (Phi) is 4.92. The van der Waals surface area contributed by atoms with Crippen molar-refractivity contribution in [1.82, 2.24) is 4.98 Å². The molecule has 4 rings (SSSR count). The number of nitrogens with one attached hydrogen (secondary N) is 1. The number of ether oxygens (including phenoxy) is 2. The van der Waals surface area contributed by atoms with E-state index in [1.165, 1.54) is 0 Å². The van der Waals surface area contributed by atoms with Crippen molar-refractivity contribution >= 4 is 22.9 Å². The van der Waals surface area contributed by atoms with E-state index < -0.39 is 5.56 Å². The second-order valence-corrected chi connectivity index (χ2v) is 7.99. The summed E-state index contributed by atoms with van der Waals surface area (Å²) in [6.45, 7) is 5.14. The van der Waals surface area contributed by atoms with Gasteiger partial charge in [0.1, 0.15) is 18.8 Å². The number of H-pyrrole nitrogens is 1. The van der Waals surface area contributed by atoms with Crippen molar-refractivity contribution in [3.8, 4) is 11.5 Å². The average Bonchev–Trinajstić information content (AvgIpc) is 3.10. The Morgan fingerprint density at radius 3 is 2.57 bits per heavy atom. The molecule has 0 bridgehead atoms. The van der Waals surface area contributed by atoms with Crippen LogP contribution in [-0.4, -0.2) is 24.1 Å². The topological polar surface area (TPSA) is 71.6 Å². The highest BCUT2D eigenvalue weighted by Crippen LogP contribution is 2.35. The van der Waals surface area contributed by atoms with Gasteiger partial charge in [0.2, 0.25) is 0 Å². The first-order valence-corrected chi connectivity index (χ1v) is 9.79. The lowest BCUT2D eigenvalue weighted by atomic mass is 10.2. The molecule has 0 spiro atoms. The van der Waals surface area contributed by atoms with Crippen LogP contribution in [0, 0.1) is 13.8 Å². The summed E-state index contributed by atoms with van der Waals surface area (Å²) in [5.41, 5.74) is 1.07. The van der Waals surface area contributed by atoms with Crippen LogP contribution < -0.4 is 19.9 Å². The van der Waals surface area contributed by atoms with Crippen molar-refractivity contribution in [2.24, 2.45) is 0 Å². The van der Waals surface area contributed by atoms with E-state index in [0.717, 1.165) is 9.75 Å². The van der Waals surface area contributed by atoms with Crippen LogP contribution in [-0.2, 0) is 6.54 Å². The summed E-state index contributed by atoms with van der Waals surface area (Å²) in [5.74, 6) is 0.897. The number of nitrogens with zero attached hydrogens (tertiary/aromatic N) is 1. The molecule has 6 nitrogen and oxygen atoms in total. The number of aromatic nitrogens is 1. The number of carbonyl (C=O) groups excluding carboxylic acids is 1. The molecule has 0 saturated carbocycles. The molecular weight excluding hydrogens is 376 g/mol. The average molecular weight is 396 g/mol. The van der Waals surface area contributed by atoms with Gasteiger partial charge in [-0.05, 0) is 50.2 Å². The minimum Gasteiger partial charge on any atom is -0.486 e. The van der Waals surface area contributed by atoms with E-state index >= 15 is 0 Å². The number of aryl methyl sites for hydroxylation is 2. The normalized spacial score (nSPS) is 12.6. The predicted octanol–water partition coefficient (Wildman–Crippen LogP) is 3.67. The van der Waals surface area contributed by atoms with Crippen molar-refractivity contribution < 1.29 is 14.3 Å². The summed E-state index contributed by atoms with van der Waals surface area (Å²) in [6.07, 6.45) is 0. The third kappa shape index (κ3) is 3.66. The highest BCUT2D eigenvalue weighted by atomic mass is 32.1. The van der Waals surface area contributed by atoms with Gasteiger partial charge >= 0.3 is 0 Å². The van der Waals surface area contributed by atoms with Gasteiger partial charge in [-0.2, -0.15) is 0 Å². The molecule has 1 amide bonds. The van der Waals surface area contributed by atoms with E-state index in [1.54, 1.807) is 47.4 Å². The predicted molar refractivity (Wildman–Crippen MR) is 109 cm³/mol. The van der Waals surface area contributed by atoms with Crippen LogP contribution in [0.5, 0.6) is 11.5 Å². The molecule has 1 aliphatic rings. The molecule has 1 aliphatic heterocycles. The van der Waals surface area contributed by atoms with Crippen LogP contribution in [0.4, 0.5) is 5.69 Å². The third-order valence-corrected chi connectivity index (χ3v) is 5.46. The number of rotatable bonds is 4. The number of anilines is 1. The molecule has 1 aromatic carbocycles. The van der Waals surface area contributed by atoms with E-state index in [4.69, 9.17) is 9.47 Å². The van der Waals surface area contributed by atoms with Crippen molar-refractivity contribution in [3.05, 3.63) is 73.8 Å². The molecule has 7 heteroatoms. The van der Waals surface area contributed by atoms with E-state index in [9.17, 15) is 9.59 Å². The second kappa shape index (κ2) is 7.52. The molecule has 144 valence electrons. The molecule has 3 heterocycles. The Labute approximate surface area is 166 Å². The van der Waals surface area contributed by atoms with Crippen LogP contribution in [0.1, 0.15) is 25.8 Å². The quantitative estimate of drug-likeness (QED) is 0.730. The molecule has 0 aliphatic carbocycles. The molecule has 0 saturated heterocycles. The lowest BCUT2D eigenvalue weighted by Gasteiger charge is -2.25. The molecule has 0 radical (unpaired) electrons. The number of thiophene rings is 1. The lowest BCUT2D eigenvalue weighted by Crippen LogP contribution is -2.34. The smallest absolute Gasteiger partial charge is 0.264 e. The molecule has 28 heavy (non-hydrogen) atoms. The summed E-state index contributed by atoms with van der Waals surface area (Å²) < 4.78 is 11.2. The largest absolute Gasteiger partial charge is 0.486 e. The molecule has 2 aromatic heterocycles. The number of benzene rings is 1. The Balaban J connectivity index is 1.75. The minimum absolute atomic E-state index is 0.105. The van der Waals surface area contributed by atoms with Crippen LogP contribution in [0.25, 0.3) is 0 Å². The maximum absolute atomic E-state index is 13.3. The first-order valence-electron chi connectivity index (χ1n) is 8.98. The summed E-state index contributed by atoms with van der Waals surface area (Å²) in [7, 11) is 0. The standard InChI is InChI=1S/C21H20N2O4S/c1-13-3-7-17(20(24)22-13)21(25)23(12-16-6-4-14(2)28-16)15-5-8-18-19(11-15)27-10-9-26-18/h3-8,11H,9-10,12H2,1-2H3,(H,22,24). The van der Waals surface area contributed by atoms with Crippen LogP contribution in [0.3, 0.4) is 0 Å². The van der Waals surface area contributed by atoms with Gasteiger partial charge in [0, 0.05) is 27.2 Å². The fourth-order valence-corrected chi connectivity index (χ4v) is 3.97. The Hall–Kier alpha value is -3.06. The molecule has 1 N–H and O–H groups in total. The van der Waals surface area contributed by atoms with E-state index in [1.807, 2.05) is 25.1 Å². The number of amides is 1. The van der Waals surface area contributed by atoms with Crippen molar-refractivity contribution in [3.63, 3.8) is 0 Å². The maximum Gasteiger partial charge on any atom is 0.264 e. The van der Waals surface area contributed by atoms with Gasteiger partial charge in [0.25, 0.3) is 11.5 Å². The van der Waals surface area contributed by atoms with Gasteiger partial charge in [-0.3, -0.25) is 9.59 Å². The molecular formula is C21H20N2O4S. The molecule has 0 fully saturated rings. The zero-order valence-electron chi connectivity index (χ0n) is 15.7. The van der Waals surface area contributed by atoms with Crippen molar-refractivity contribution in [1.29, 1.82) is 0 Å². The number of fused-ring (bicyclic) bond motifs is 1. The zero-order chi connectivity index (χ0) is 19.7. The summed E-state index contributed by atoms with van der Waals surface area (Å²) >= 11 is 1.62. The van der Waals surface area contributed by atoms with Crippen LogP contribution in [0.15, 0.2) is 47.3 Å². The minimum atomic E-state index is -0.394. The fourth-order valence-electron chi connectivity index (χ4n) is 3.09. The Morgan fingerprint density at radius 1 is 1.07 bits per heavy atom. The summed E-state index contributed by atoms with van der Waals surface area (Å²) in [6, 6.07) is 12.7. The van der Waals surface area contributed by atoms with Crippen molar-refractivity contribution in [2.75, 3.05) is 18.1 Å².